The molecule has 0 aromatic heterocycles. The first-order chi connectivity index (χ1) is 8.16. The summed E-state index contributed by atoms with van der Waals surface area (Å²) in [5.74, 6) is 0.280. The lowest BCUT2D eigenvalue weighted by Crippen LogP contribution is -2.16. The number of benzene rings is 2. The number of phenols is 1. The molecule has 2 aromatic rings. The van der Waals surface area contributed by atoms with Gasteiger partial charge in [0.2, 0.25) is 0 Å². The first-order valence-electron chi connectivity index (χ1n) is 5.50. The predicted octanol–water partition coefficient (Wildman–Crippen LogP) is 2.61. The Balaban J connectivity index is 2.18. The molecular formula is C14H16N2O. The van der Waals surface area contributed by atoms with Crippen LogP contribution in [0.15, 0.2) is 48.5 Å². The van der Waals surface area contributed by atoms with E-state index in [2.05, 4.69) is 4.90 Å². The van der Waals surface area contributed by atoms with Gasteiger partial charge in [0.1, 0.15) is 5.75 Å². The molecule has 0 aliphatic rings. The molecule has 0 aliphatic heterocycles. The van der Waals surface area contributed by atoms with E-state index in [0.717, 1.165) is 11.3 Å². The molecule has 0 spiro atoms. The average Bonchev–Trinajstić information content (AvgIpc) is 2.35. The summed E-state index contributed by atoms with van der Waals surface area (Å²) in [6.07, 6.45) is 0. The Bertz CT molecular complexity index is 497. The smallest absolute Gasteiger partial charge is 0.120 e. The molecule has 0 atom stereocenters. The fraction of sp³-hybridized carbons (Fsp3) is 0.143. The van der Waals surface area contributed by atoms with Crippen molar-refractivity contribution in [3.05, 3.63) is 54.1 Å². The van der Waals surface area contributed by atoms with Gasteiger partial charge in [-0.15, -0.1) is 0 Å². The normalized spacial score (nSPS) is 10.2. The van der Waals surface area contributed by atoms with E-state index in [1.807, 2.05) is 37.4 Å². The lowest BCUT2D eigenvalue weighted by Gasteiger charge is -2.20. The van der Waals surface area contributed by atoms with E-state index in [1.165, 1.54) is 0 Å². The lowest BCUT2D eigenvalue weighted by molar-refractivity contribution is 0.468. The number of nitrogen functional groups attached to an aromatic ring is 1. The van der Waals surface area contributed by atoms with Crippen LogP contribution < -0.4 is 10.6 Å². The topological polar surface area (TPSA) is 49.5 Å². The van der Waals surface area contributed by atoms with E-state index in [1.54, 1.807) is 18.2 Å². The van der Waals surface area contributed by atoms with Gasteiger partial charge in [-0.25, -0.2) is 0 Å². The number of phenolic OH excluding ortho intramolecular Hbond substituents is 1. The van der Waals surface area contributed by atoms with Gasteiger partial charge in [0.25, 0.3) is 0 Å². The molecule has 3 N–H and O–H groups in total. The number of aromatic hydroxyl groups is 1. The fourth-order valence-electron chi connectivity index (χ4n) is 1.76. The molecule has 0 amide bonds. The Morgan fingerprint density at radius 3 is 2.53 bits per heavy atom. The molecule has 0 bridgehead atoms. The van der Waals surface area contributed by atoms with E-state index in [-0.39, 0.29) is 5.75 Å². The molecule has 2 rings (SSSR count). The minimum absolute atomic E-state index is 0.280. The lowest BCUT2D eigenvalue weighted by atomic mass is 10.1. The molecule has 3 heteroatoms. The van der Waals surface area contributed by atoms with Crippen LogP contribution >= 0.6 is 0 Å². The summed E-state index contributed by atoms with van der Waals surface area (Å²) < 4.78 is 0. The molecule has 0 saturated heterocycles. The maximum absolute atomic E-state index is 9.75. The summed E-state index contributed by atoms with van der Waals surface area (Å²) in [6, 6.07) is 15.2. The van der Waals surface area contributed by atoms with Gasteiger partial charge in [0.05, 0.1) is 0 Å². The number of nitrogens with zero attached hydrogens (tertiary/aromatic N) is 1. The molecular weight excluding hydrogens is 212 g/mol. The third-order valence-electron chi connectivity index (χ3n) is 2.71. The van der Waals surface area contributed by atoms with Gasteiger partial charge < -0.3 is 15.7 Å². The Kier molecular flexibility index (Phi) is 3.19. The molecule has 3 nitrogen and oxygen atoms in total. The van der Waals surface area contributed by atoms with Gasteiger partial charge >= 0.3 is 0 Å². The number of anilines is 2. The molecule has 0 aliphatic carbocycles. The van der Waals surface area contributed by atoms with Crippen LogP contribution in [0.5, 0.6) is 5.75 Å². The largest absolute Gasteiger partial charge is 0.508 e. The van der Waals surface area contributed by atoms with E-state index >= 15 is 0 Å². The first kappa shape index (κ1) is 11.3. The van der Waals surface area contributed by atoms with Crippen molar-refractivity contribution in [1.29, 1.82) is 0 Å². The molecule has 0 radical (unpaired) electrons. The van der Waals surface area contributed by atoms with Gasteiger partial charge in [0.15, 0.2) is 0 Å². The quantitative estimate of drug-likeness (QED) is 0.627. The van der Waals surface area contributed by atoms with Crippen molar-refractivity contribution in [2.24, 2.45) is 0 Å². The highest BCUT2D eigenvalue weighted by Gasteiger charge is 2.06. The Hall–Kier alpha value is -2.16. The van der Waals surface area contributed by atoms with Crippen molar-refractivity contribution >= 4 is 11.4 Å². The highest BCUT2D eigenvalue weighted by atomic mass is 16.3. The third kappa shape index (κ3) is 2.69. The van der Waals surface area contributed by atoms with E-state index < -0.39 is 0 Å². The van der Waals surface area contributed by atoms with Crippen LogP contribution in [0.4, 0.5) is 11.4 Å². The monoisotopic (exact) mass is 228 g/mol. The van der Waals surface area contributed by atoms with E-state index in [0.29, 0.717) is 12.2 Å². The van der Waals surface area contributed by atoms with Crippen LogP contribution in [0.25, 0.3) is 0 Å². The Morgan fingerprint density at radius 1 is 1.12 bits per heavy atom. The number of hydrogen-bond donors (Lipinski definition) is 2. The zero-order chi connectivity index (χ0) is 12.3. The van der Waals surface area contributed by atoms with Crippen LogP contribution in [0, 0.1) is 0 Å². The van der Waals surface area contributed by atoms with Gasteiger partial charge in [-0.05, 0) is 30.3 Å². The molecule has 88 valence electrons. The second-order valence-electron chi connectivity index (χ2n) is 4.08. The van der Waals surface area contributed by atoms with Crippen molar-refractivity contribution in [3.8, 4) is 5.75 Å². The summed E-state index contributed by atoms with van der Waals surface area (Å²) >= 11 is 0. The van der Waals surface area contributed by atoms with Gasteiger partial charge in [-0.2, -0.15) is 0 Å². The van der Waals surface area contributed by atoms with Gasteiger partial charge in [-0.3, -0.25) is 0 Å². The number of para-hydroxylation sites is 1. The van der Waals surface area contributed by atoms with Gasteiger partial charge in [-0.1, -0.05) is 18.2 Å². The predicted molar refractivity (Wildman–Crippen MR) is 71.1 cm³/mol. The van der Waals surface area contributed by atoms with Crippen LogP contribution in [0.1, 0.15) is 5.56 Å². The SMILES string of the molecule is CN(Cc1cc(N)ccc1O)c1ccccc1. The second-order valence-corrected chi connectivity index (χ2v) is 4.08. The highest BCUT2D eigenvalue weighted by molar-refractivity contribution is 5.51. The minimum atomic E-state index is 0.280. The van der Waals surface area contributed by atoms with Crippen molar-refractivity contribution in [2.45, 2.75) is 6.54 Å². The summed E-state index contributed by atoms with van der Waals surface area (Å²) in [5, 5.41) is 9.75. The minimum Gasteiger partial charge on any atom is -0.508 e. The summed E-state index contributed by atoms with van der Waals surface area (Å²) in [7, 11) is 1.98. The van der Waals surface area contributed by atoms with Crippen molar-refractivity contribution in [1.82, 2.24) is 0 Å². The van der Waals surface area contributed by atoms with Crippen LogP contribution in [-0.2, 0) is 6.54 Å². The Labute approximate surface area is 101 Å². The number of nitrogens with two attached hydrogens (primary N) is 1. The Morgan fingerprint density at radius 2 is 1.82 bits per heavy atom. The summed E-state index contributed by atoms with van der Waals surface area (Å²) in [5.41, 5.74) is 8.31. The fourth-order valence-corrected chi connectivity index (χ4v) is 1.76. The van der Waals surface area contributed by atoms with Crippen LogP contribution in [-0.4, -0.2) is 12.2 Å². The molecule has 17 heavy (non-hydrogen) atoms. The summed E-state index contributed by atoms with van der Waals surface area (Å²) in [6.45, 7) is 0.626. The molecule has 0 unspecified atom stereocenters. The zero-order valence-electron chi connectivity index (χ0n) is 9.80. The van der Waals surface area contributed by atoms with Crippen LogP contribution in [0.3, 0.4) is 0 Å². The third-order valence-corrected chi connectivity index (χ3v) is 2.71. The van der Waals surface area contributed by atoms with Crippen molar-refractivity contribution < 1.29 is 5.11 Å². The highest BCUT2D eigenvalue weighted by Crippen LogP contribution is 2.23. The molecule has 0 saturated carbocycles. The zero-order valence-corrected chi connectivity index (χ0v) is 9.80. The maximum Gasteiger partial charge on any atom is 0.120 e. The molecule has 2 aromatic carbocycles. The van der Waals surface area contributed by atoms with Crippen molar-refractivity contribution in [2.75, 3.05) is 17.7 Å². The number of rotatable bonds is 3. The molecule has 0 heterocycles. The average molecular weight is 228 g/mol. The van der Waals surface area contributed by atoms with Crippen LogP contribution in [0.2, 0.25) is 0 Å². The number of hydrogen-bond acceptors (Lipinski definition) is 3. The van der Waals surface area contributed by atoms with Gasteiger partial charge in [0, 0.05) is 30.5 Å². The standard InChI is InChI=1S/C14H16N2O/c1-16(13-5-3-2-4-6-13)10-11-9-12(15)7-8-14(11)17/h2-9,17H,10,15H2,1H3. The first-order valence-corrected chi connectivity index (χ1v) is 5.50. The second kappa shape index (κ2) is 4.78. The van der Waals surface area contributed by atoms with E-state index in [9.17, 15) is 5.11 Å². The molecule has 0 fully saturated rings. The van der Waals surface area contributed by atoms with E-state index in [4.69, 9.17) is 5.73 Å². The maximum atomic E-state index is 9.75. The summed E-state index contributed by atoms with van der Waals surface area (Å²) in [4.78, 5) is 2.06. The van der Waals surface area contributed by atoms with Crippen molar-refractivity contribution in [3.63, 3.8) is 0 Å².